The Hall–Kier alpha value is -7.94. The summed E-state index contributed by atoms with van der Waals surface area (Å²) < 4.78 is 6.55. The SMILES string of the molecule is c1ccc(-c2nc(-n3c4ccccc4c4ccccc43)nc(-n3c4ccc([Si](c5ccccc5)(c5ccccc5)c5ccccc5)cc4n4c5ccccc5nc34)n2)cc1. The van der Waals surface area contributed by atoms with E-state index in [-0.39, 0.29) is 0 Å². The van der Waals surface area contributed by atoms with E-state index in [2.05, 4.69) is 202 Å². The summed E-state index contributed by atoms with van der Waals surface area (Å²) in [6.07, 6.45) is 0. The highest BCUT2D eigenvalue weighted by Crippen LogP contribution is 2.33. The zero-order valence-corrected chi connectivity index (χ0v) is 33.3. The van der Waals surface area contributed by atoms with Gasteiger partial charge in [-0.2, -0.15) is 15.0 Å². The number of para-hydroxylation sites is 4. The van der Waals surface area contributed by atoms with Gasteiger partial charge in [-0.1, -0.05) is 176 Å². The lowest BCUT2D eigenvalue weighted by Crippen LogP contribution is -2.74. The van der Waals surface area contributed by atoms with Crippen molar-refractivity contribution >= 4 is 78.5 Å². The van der Waals surface area contributed by atoms with Gasteiger partial charge >= 0.3 is 0 Å². The second kappa shape index (κ2) is 13.6. The van der Waals surface area contributed by atoms with Gasteiger partial charge in [-0.3, -0.25) is 8.97 Å². The zero-order valence-electron chi connectivity index (χ0n) is 32.3. The van der Waals surface area contributed by atoms with Gasteiger partial charge in [-0.25, -0.2) is 9.55 Å². The average molecular weight is 786 g/mol. The summed E-state index contributed by atoms with van der Waals surface area (Å²) in [7, 11) is -2.86. The summed E-state index contributed by atoms with van der Waals surface area (Å²) in [5.74, 6) is 2.33. The summed E-state index contributed by atoms with van der Waals surface area (Å²) in [6, 6.07) is 75.5. The van der Waals surface area contributed by atoms with Gasteiger partial charge in [0.25, 0.3) is 0 Å². The Balaban J connectivity index is 1.19. The van der Waals surface area contributed by atoms with Crippen molar-refractivity contribution in [1.82, 2.24) is 33.5 Å². The lowest BCUT2D eigenvalue weighted by Gasteiger charge is -2.34. The highest BCUT2D eigenvalue weighted by Gasteiger charge is 2.42. The second-order valence-corrected chi connectivity index (χ2v) is 18.9. The van der Waals surface area contributed by atoms with Crippen molar-refractivity contribution in [3.05, 3.63) is 212 Å². The minimum absolute atomic E-state index is 0.487. The van der Waals surface area contributed by atoms with E-state index in [4.69, 9.17) is 19.9 Å². The molecule has 0 aliphatic heterocycles. The third kappa shape index (κ3) is 5.08. The number of hydrogen-bond donors (Lipinski definition) is 0. The zero-order chi connectivity index (χ0) is 39.6. The summed E-state index contributed by atoms with van der Waals surface area (Å²) >= 11 is 0. The predicted molar refractivity (Wildman–Crippen MR) is 246 cm³/mol. The Labute approximate surface area is 346 Å². The van der Waals surface area contributed by atoms with Crippen LogP contribution in [0.4, 0.5) is 0 Å². The van der Waals surface area contributed by atoms with Gasteiger partial charge in [0.2, 0.25) is 17.7 Å². The summed E-state index contributed by atoms with van der Waals surface area (Å²) in [5, 5.41) is 7.48. The van der Waals surface area contributed by atoms with Crippen LogP contribution in [0.5, 0.6) is 0 Å². The van der Waals surface area contributed by atoms with E-state index in [0.717, 1.165) is 55.2 Å². The largest absolute Gasteiger partial charge is 0.278 e. The van der Waals surface area contributed by atoms with Crippen LogP contribution in [-0.2, 0) is 0 Å². The van der Waals surface area contributed by atoms with Crippen molar-refractivity contribution in [2.45, 2.75) is 0 Å². The maximum atomic E-state index is 5.39. The predicted octanol–water partition coefficient (Wildman–Crippen LogP) is 8.76. The molecule has 8 aromatic carbocycles. The molecular weight excluding hydrogens is 751 g/mol. The molecule has 0 N–H and O–H groups in total. The third-order valence-electron chi connectivity index (χ3n) is 11.9. The van der Waals surface area contributed by atoms with E-state index in [1.54, 1.807) is 0 Å². The molecule has 12 rings (SSSR count). The van der Waals surface area contributed by atoms with E-state index in [1.807, 2.05) is 24.3 Å². The molecule has 282 valence electrons. The van der Waals surface area contributed by atoms with Crippen LogP contribution in [0.1, 0.15) is 0 Å². The summed E-state index contributed by atoms with van der Waals surface area (Å²) in [6.45, 7) is 0. The van der Waals surface area contributed by atoms with Gasteiger partial charge in [0, 0.05) is 16.3 Å². The number of imidazole rings is 2. The summed E-state index contributed by atoms with van der Waals surface area (Å²) in [5.41, 5.74) is 6.83. The van der Waals surface area contributed by atoms with E-state index in [9.17, 15) is 0 Å². The first kappa shape index (κ1) is 34.1. The molecule has 12 aromatic rings. The van der Waals surface area contributed by atoms with Crippen molar-refractivity contribution in [1.29, 1.82) is 0 Å². The van der Waals surface area contributed by atoms with Crippen molar-refractivity contribution in [3.8, 4) is 23.3 Å². The highest BCUT2D eigenvalue weighted by molar-refractivity contribution is 7.20. The molecule has 0 saturated carbocycles. The molecule has 0 aliphatic carbocycles. The Bertz CT molecular complexity index is 3390. The maximum absolute atomic E-state index is 5.39. The van der Waals surface area contributed by atoms with Crippen LogP contribution in [-0.4, -0.2) is 41.5 Å². The maximum Gasteiger partial charge on any atom is 0.242 e. The Morgan fingerprint density at radius 2 is 0.817 bits per heavy atom. The van der Waals surface area contributed by atoms with Crippen LogP contribution in [0.15, 0.2) is 212 Å². The highest BCUT2D eigenvalue weighted by atomic mass is 28.3. The normalized spacial score (nSPS) is 12.0. The van der Waals surface area contributed by atoms with Gasteiger partial charge in [0.1, 0.15) is 0 Å². The standard InChI is InChI=1S/C52H35N7Si/c1-5-19-36(20-6-1)49-54-50(57-44-30-16-13-27-41(44)42-28-14-17-31-45(42)57)56-51(55-49)59-47-34-33-40(35-48(47)58-46-32-18-15-29-43(46)53-52(58)59)60(37-21-7-2-8-22-37,38-23-9-3-10-24-38)39-25-11-4-12-26-39/h1-35H. The summed E-state index contributed by atoms with van der Waals surface area (Å²) in [4.78, 5) is 21.2. The van der Waals surface area contributed by atoms with E-state index < -0.39 is 8.07 Å². The number of nitrogens with zero attached hydrogens (tertiary/aromatic N) is 7. The number of aromatic nitrogens is 7. The van der Waals surface area contributed by atoms with E-state index in [0.29, 0.717) is 17.7 Å². The number of hydrogen-bond acceptors (Lipinski definition) is 4. The van der Waals surface area contributed by atoms with Crippen LogP contribution >= 0.6 is 0 Å². The van der Waals surface area contributed by atoms with Crippen LogP contribution < -0.4 is 20.7 Å². The minimum Gasteiger partial charge on any atom is -0.278 e. The molecule has 4 aromatic heterocycles. The van der Waals surface area contributed by atoms with Crippen LogP contribution in [0, 0.1) is 0 Å². The molecule has 0 fully saturated rings. The fraction of sp³-hybridized carbons (Fsp3) is 0. The lowest BCUT2D eigenvalue weighted by molar-refractivity contribution is 0.885. The monoisotopic (exact) mass is 785 g/mol. The van der Waals surface area contributed by atoms with Gasteiger partial charge < -0.3 is 0 Å². The first-order valence-electron chi connectivity index (χ1n) is 20.2. The van der Waals surface area contributed by atoms with Crippen molar-refractivity contribution in [3.63, 3.8) is 0 Å². The van der Waals surface area contributed by atoms with Gasteiger partial charge in [0.05, 0.1) is 33.1 Å². The molecular formula is C52H35N7Si. The molecule has 0 aliphatic rings. The van der Waals surface area contributed by atoms with E-state index >= 15 is 0 Å². The van der Waals surface area contributed by atoms with Crippen LogP contribution in [0.25, 0.3) is 72.9 Å². The first-order valence-corrected chi connectivity index (χ1v) is 22.2. The number of benzene rings is 8. The number of rotatable bonds is 7. The van der Waals surface area contributed by atoms with Gasteiger partial charge in [-0.15, -0.1) is 0 Å². The Morgan fingerprint density at radius 1 is 0.333 bits per heavy atom. The van der Waals surface area contributed by atoms with Crippen molar-refractivity contribution in [2.75, 3.05) is 0 Å². The fourth-order valence-corrected chi connectivity index (χ4v) is 14.1. The van der Waals surface area contributed by atoms with Crippen molar-refractivity contribution < 1.29 is 0 Å². The smallest absolute Gasteiger partial charge is 0.242 e. The molecule has 7 nitrogen and oxygen atoms in total. The fourth-order valence-electron chi connectivity index (χ4n) is 9.30. The molecule has 0 atom stereocenters. The molecule has 4 heterocycles. The second-order valence-electron chi connectivity index (χ2n) is 15.1. The molecule has 60 heavy (non-hydrogen) atoms. The number of fused-ring (bicyclic) bond motifs is 8. The van der Waals surface area contributed by atoms with Crippen LogP contribution in [0.3, 0.4) is 0 Å². The molecule has 0 unspecified atom stereocenters. The third-order valence-corrected chi connectivity index (χ3v) is 16.7. The molecule has 0 bridgehead atoms. The lowest BCUT2D eigenvalue weighted by atomic mass is 10.2. The minimum atomic E-state index is -2.86. The molecule has 0 amide bonds. The topological polar surface area (TPSA) is 65.8 Å². The quantitative estimate of drug-likeness (QED) is 0.120. The Morgan fingerprint density at radius 3 is 1.40 bits per heavy atom. The van der Waals surface area contributed by atoms with Gasteiger partial charge in [0.15, 0.2) is 13.9 Å². The first-order chi connectivity index (χ1) is 29.8. The van der Waals surface area contributed by atoms with E-state index in [1.165, 1.54) is 20.7 Å². The molecule has 0 saturated heterocycles. The molecule has 8 heteroatoms. The van der Waals surface area contributed by atoms with Crippen LogP contribution in [0.2, 0.25) is 0 Å². The Kier molecular flexibility index (Phi) is 7.73. The van der Waals surface area contributed by atoms with Crippen molar-refractivity contribution in [2.24, 2.45) is 0 Å². The molecule has 0 radical (unpaired) electrons. The van der Waals surface area contributed by atoms with Gasteiger partial charge in [-0.05, 0) is 57.1 Å². The average Bonchev–Trinajstić information content (AvgIpc) is 3.97. The molecule has 0 spiro atoms.